The summed E-state index contributed by atoms with van der Waals surface area (Å²) >= 11 is 2.96. The Labute approximate surface area is 80.5 Å². The largest absolute Gasteiger partial charge is 0.451 e. The van der Waals surface area contributed by atoms with Crippen LogP contribution in [0.25, 0.3) is 0 Å². The lowest BCUT2D eigenvalue weighted by Crippen LogP contribution is -2.08. The lowest BCUT2D eigenvalue weighted by atomic mass is 10.1. The van der Waals surface area contributed by atoms with Crippen LogP contribution in [0.1, 0.15) is 19.8 Å². The van der Waals surface area contributed by atoms with Crippen LogP contribution in [0.15, 0.2) is 12.2 Å². The third-order valence-corrected chi connectivity index (χ3v) is 1.57. The van der Waals surface area contributed by atoms with Gasteiger partial charge in [0.25, 0.3) is 0 Å². The van der Waals surface area contributed by atoms with Crippen molar-refractivity contribution in [2.75, 3.05) is 5.52 Å². The molecule has 0 bridgehead atoms. The smallest absolute Gasteiger partial charge is 0.334 e. The molecule has 0 saturated carbocycles. The first-order valence-electron chi connectivity index (χ1n) is 3.67. The van der Waals surface area contributed by atoms with Crippen LogP contribution in [-0.2, 0) is 9.53 Å². The number of rotatable bonds is 5. The van der Waals surface area contributed by atoms with Gasteiger partial charge in [-0.2, -0.15) is 0 Å². The molecule has 0 heterocycles. The number of carbonyl (C=O) groups excluding carboxylic acids is 1. The molecule has 0 aliphatic rings. The normalized spacial score (nSPS) is 12.2. The minimum atomic E-state index is -0.410. The van der Waals surface area contributed by atoms with E-state index in [2.05, 4.69) is 27.2 Å². The van der Waals surface area contributed by atoms with Crippen molar-refractivity contribution < 1.29 is 14.6 Å². The summed E-state index contributed by atoms with van der Waals surface area (Å²) in [6.07, 6.45) is 0.609. The van der Waals surface area contributed by atoms with Crippen molar-refractivity contribution >= 4 is 21.9 Å². The van der Waals surface area contributed by atoms with Gasteiger partial charge in [-0.1, -0.05) is 6.58 Å². The molecule has 0 aromatic heterocycles. The number of ether oxygens (including phenoxy) is 1. The summed E-state index contributed by atoms with van der Waals surface area (Å²) in [5.74, 6) is -0.410. The summed E-state index contributed by atoms with van der Waals surface area (Å²) in [6, 6.07) is 0. The molecular weight excluding hydrogens is 224 g/mol. The number of halogens is 1. The highest BCUT2D eigenvalue weighted by Crippen LogP contribution is 2.07. The molecule has 3 nitrogen and oxygen atoms in total. The predicted molar refractivity (Wildman–Crippen MR) is 49.9 cm³/mol. The Morgan fingerprint density at radius 3 is 2.75 bits per heavy atom. The molecule has 0 fully saturated rings. The molecule has 0 aliphatic heterocycles. The molecule has 0 amide bonds. The van der Waals surface area contributed by atoms with E-state index in [0.717, 1.165) is 0 Å². The van der Waals surface area contributed by atoms with Gasteiger partial charge in [-0.25, -0.2) is 4.79 Å². The monoisotopic (exact) mass is 236 g/mol. The van der Waals surface area contributed by atoms with E-state index >= 15 is 0 Å². The lowest BCUT2D eigenvalue weighted by molar-refractivity contribution is -0.136. The van der Waals surface area contributed by atoms with Crippen LogP contribution >= 0.6 is 15.9 Å². The van der Waals surface area contributed by atoms with Gasteiger partial charge in [-0.3, -0.25) is 0 Å². The molecule has 4 heteroatoms. The number of aliphatic hydroxyl groups is 1. The van der Waals surface area contributed by atoms with Gasteiger partial charge in [0.2, 0.25) is 0 Å². The Morgan fingerprint density at radius 1 is 1.75 bits per heavy atom. The summed E-state index contributed by atoms with van der Waals surface area (Å²) in [6.45, 7) is 5.21. The minimum Gasteiger partial charge on any atom is -0.451 e. The lowest BCUT2D eigenvalue weighted by Gasteiger charge is -2.05. The second-order valence-electron chi connectivity index (χ2n) is 2.53. The molecule has 1 unspecified atom stereocenters. The highest BCUT2D eigenvalue weighted by Gasteiger charge is 2.08. The van der Waals surface area contributed by atoms with E-state index < -0.39 is 12.1 Å². The number of hydrogen-bond acceptors (Lipinski definition) is 3. The van der Waals surface area contributed by atoms with Crippen molar-refractivity contribution in [3.63, 3.8) is 0 Å². The first-order valence-corrected chi connectivity index (χ1v) is 4.79. The first kappa shape index (κ1) is 11.6. The van der Waals surface area contributed by atoms with E-state index in [1.165, 1.54) is 0 Å². The molecule has 0 radical (unpaired) electrons. The van der Waals surface area contributed by atoms with E-state index in [-0.39, 0.29) is 5.52 Å². The van der Waals surface area contributed by atoms with Crippen molar-refractivity contribution in [3.05, 3.63) is 12.2 Å². The van der Waals surface area contributed by atoms with Crippen LogP contribution in [0.5, 0.6) is 0 Å². The van der Waals surface area contributed by atoms with Crippen molar-refractivity contribution in [3.8, 4) is 0 Å². The Bertz CT molecular complexity index is 166. The molecule has 0 saturated heterocycles. The van der Waals surface area contributed by atoms with Gasteiger partial charge in [-0.05, 0) is 35.7 Å². The number of carbonyl (C=O) groups is 1. The fourth-order valence-corrected chi connectivity index (χ4v) is 0.845. The third-order valence-electron chi connectivity index (χ3n) is 1.34. The van der Waals surface area contributed by atoms with Gasteiger partial charge in [0, 0.05) is 5.57 Å². The fraction of sp³-hybridized carbons (Fsp3) is 0.625. The van der Waals surface area contributed by atoms with Gasteiger partial charge in [0.15, 0.2) is 0 Å². The molecule has 70 valence electrons. The van der Waals surface area contributed by atoms with Crippen LogP contribution in [0.2, 0.25) is 0 Å². The Morgan fingerprint density at radius 2 is 2.33 bits per heavy atom. The zero-order chi connectivity index (χ0) is 9.56. The molecule has 0 aromatic rings. The Kier molecular flexibility index (Phi) is 6.02. The molecular formula is C8H13BrO3. The summed E-state index contributed by atoms with van der Waals surface area (Å²) < 4.78 is 4.63. The molecule has 12 heavy (non-hydrogen) atoms. The number of alkyl halides is 1. The number of hydrogen-bond donors (Lipinski definition) is 1. The molecule has 1 atom stereocenters. The number of esters is 1. The SMILES string of the molecule is C=C(CCC(C)O)C(=O)OCBr. The maximum Gasteiger partial charge on any atom is 0.334 e. The van der Waals surface area contributed by atoms with E-state index in [4.69, 9.17) is 5.11 Å². The molecule has 0 aliphatic carbocycles. The van der Waals surface area contributed by atoms with E-state index in [1.54, 1.807) is 6.92 Å². The molecule has 0 spiro atoms. The van der Waals surface area contributed by atoms with E-state index in [1.807, 2.05) is 0 Å². The highest BCUT2D eigenvalue weighted by atomic mass is 79.9. The average molecular weight is 237 g/mol. The minimum absolute atomic E-state index is 0.180. The van der Waals surface area contributed by atoms with Crippen LogP contribution < -0.4 is 0 Å². The van der Waals surface area contributed by atoms with Gasteiger partial charge >= 0.3 is 5.97 Å². The number of aliphatic hydroxyl groups excluding tert-OH is 1. The average Bonchev–Trinajstić information content (AvgIpc) is 2.00. The first-order chi connectivity index (χ1) is 5.57. The van der Waals surface area contributed by atoms with Crippen molar-refractivity contribution in [1.29, 1.82) is 0 Å². The third kappa shape index (κ3) is 5.32. The quantitative estimate of drug-likeness (QED) is 0.448. The second-order valence-corrected chi connectivity index (χ2v) is 2.99. The summed E-state index contributed by atoms with van der Waals surface area (Å²) in [4.78, 5) is 10.9. The Balaban J connectivity index is 3.65. The van der Waals surface area contributed by atoms with Crippen molar-refractivity contribution in [2.45, 2.75) is 25.9 Å². The zero-order valence-corrected chi connectivity index (χ0v) is 8.63. The molecule has 0 rings (SSSR count). The second kappa shape index (κ2) is 6.20. The summed E-state index contributed by atoms with van der Waals surface area (Å²) in [7, 11) is 0. The molecule has 0 aromatic carbocycles. The van der Waals surface area contributed by atoms with Crippen molar-refractivity contribution in [1.82, 2.24) is 0 Å². The van der Waals surface area contributed by atoms with Crippen LogP contribution in [0.4, 0.5) is 0 Å². The van der Waals surface area contributed by atoms with E-state index in [9.17, 15) is 4.79 Å². The summed E-state index contributed by atoms with van der Waals surface area (Å²) in [5.41, 5.74) is 0.579. The topological polar surface area (TPSA) is 46.5 Å². The standard InChI is InChI=1S/C8H13BrO3/c1-6(3-4-7(2)10)8(11)12-5-9/h7,10H,1,3-5H2,2H3. The maximum atomic E-state index is 10.9. The summed E-state index contributed by atoms with van der Waals surface area (Å²) in [5, 5.41) is 8.91. The maximum absolute atomic E-state index is 10.9. The molecule has 1 N–H and O–H groups in total. The van der Waals surface area contributed by atoms with Gasteiger partial charge in [0.1, 0.15) is 5.52 Å². The van der Waals surface area contributed by atoms with Gasteiger partial charge < -0.3 is 9.84 Å². The fourth-order valence-electron chi connectivity index (χ4n) is 0.637. The predicted octanol–water partition coefficient (Wildman–Crippen LogP) is 1.60. The van der Waals surface area contributed by atoms with Gasteiger partial charge in [-0.15, -0.1) is 0 Å². The van der Waals surface area contributed by atoms with Crippen LogP contribution in [-0.4, -0.2) is 22.7 Å². The van der Waals surface area contributed by atoms with Gasteiger partial charge in [0.05, 0.1) is 6.10 Å². The van der Waals surface area contributed by atoms with E-state index in [0.29, 0.717) is 18.4 Å². The van der Waals surface area contributed by atoms with Crippen LogP contribution in [0, 0.1) is 0 Å². The highest BCUT2D eigenvalue weighted by molar-refractivity contribution is 9.09. The van der Waals surface area contributed by atoms with Crippen LogP contribution in [0.3, 0.4) is 0 Å². The van der Waals surface area contributed by atoms with Crippen molar-refractivity contribution in [2.24, 2.45) is 0 Å². The Hall–Kier alpha value is -0.350. The zero-order valence-electron chi connectivity index (χ0n) is 7.05.